The summed E-state index contributed by atoms with van der Waals surface area (Å²) in [5, 5.41) is 2.70. The van der Waals surface area contributed by atoms with Gasteiger partial charge < -0.3 is 10.2 Å². The van der Waals surface area contributed by atoms with Crippen molar-refractivity contribution in [3.8, 4) is 0 Å². The van der Waals surface area contributed by atoms with E-state index in [0.717, 1.165) is 22.6 Å². The summed E-state index contributed by atoms with van der Waals surface area (Å²) in [5.74, 6) is 0.355. The molecule has 1 aliphatic heterocycles. The molecule has 184 valence electrons. The van der Waals surface area contributed by atoms with Crippen LogP contribution < -0.4 is 10.2 Å². The van der Waals surface area contributed by atoms with E-state index < -0.39 is 11.7 Å². The van der Waals surface area contributed by atoms with E-state index >= 15 is 0 Å². The van der Waals surface area contributed by atoms with Gasteiger partial charge in [0.25, 0.3) is 5.91 Å². The van der Waals surface area contributed by atoms with E-state index in [1.165, 1.54) is 0 Å². The SMILES string of the molecule is O=C(Nc1ccc(SN2CCN(c3cc(C(F)(F)F)cc(Cl)n3)CC2)cc1)c1cccc(CCl)c1. The monoisotopic (exact) mass is 540 g/mol. The average molecular weight is 541 g/mol. The summed E-state index contributed by atoms with van der Waals surface area (Å²) >= 11 is 13.2. The Kier molecular flexibility index (Phi) is 8.11. The van der Waals surface area contributed by atoms with Crippen LogP contribution >= 0.6 is 35.1 Å². The van der Waals surface area contributed by atoms with Crippen molar-refractivity contribution in [1.29, 1.82) is 0 Å². The fourth-order valence-corrected chi connectivity index (χ4v) is 4.84. The molecule has 1 aromatic heterocycles. The van der Waals surface area contributed by atoms with Gasteiger partial charge in [0.1, 0.15) is 11.0 Å². The Hall–Kier alpha value is -2.46. The molecule has 11 heteroatoms. The molecule has 0 unspecified atom stereocenters. The molecule has 3 aromatic rings. The van der Waals surface area contributed by atoms with Gasteiger partial charge in [-0.1, -0.05) is 23.7 Å². The maximum absolute atomic E-state index is 13.1. The number of anilines is 2. The number of rotatable bonds is 6. The third kappa shape index (κ3) is 6.82. The van der Waals surface area contributed by atoms with Gasteiger partial charge >= 0.3 is 6.18 Å². The Morgan fingerprint density at radius 2 is 1.74 bits per heavy atom. The second-order valence-electron chi connectivity index (χ2n) is 7.85. The van der Waals surface area contributed by atoms with E-state index in [4.69, 9.17) is 23.2 Å². The smallest absolute Gasteiger partial charge is 0.354 e. The molecule has 0 radical (unpaired) electrons. The van der Waals surface area contributed by atoms with Gasteiger partial charge in [-0.15, -0.1) is 11.6 Å². The predicted octanol–water partition coefficient (Wildman–Crippen LogP) is 6.57. The molecule has 35 heavy (non-hydrogen) atoms. The van der Waals surface area contributed by atoms with Crippen molar-refractivity contribution in [1.82, 2.24) is 9.29 Å². The first-order valence-corrected chi connectivity index (χ1v) is 12.4. The normalized spacial score (nSPS) is 14.7. The molecular weight excluding hydrogens is 520 g/mol. The first-order valence-electron chi connectivity index (χ1n) is 10.7. The van der Waals surface area contributed by atoms with E-state index in [1.807, 2.05) is 30.3 Å². The third-order valence-electron chi connectivity index (χ3n) is 5.36. The minimum atomic E-state index is -4.47. The molecule has 1 saturated heterocycles. The zero-order valence-electron chi connectivity index (χ0n) is 18.4. The molecule has 0 spiro atoms. The Bertz CT molecular complexity index is 1190. The fourth-order valence-electron chi connectivity index (χ4n) is 3.56. The van der Waals surface area contributed by atoms with E-state index in [0.29, 0.717) is 43.3 Å². The minimum Gasteiger partial charge on any atom is -0.354 e. The van der Waals surface area contributed by atoms with Crippen LogP contribution in [-0.2, 0) is 12.1 Å². The number of hydrogen-bond donors (Lipinski definition) is 1. The van der Waals surface area contributed by atoms with Crippen LogP contribution in [0.2, 0.25) is 5.15 Å². The highest BCUT2D eigenvalue weighted by atomic mass is 35.5. The van der Waals surface area contributed by atoms with Crippen molar-refractivity contribution in [3.63, 3.8) is 0 Å². The maximum atomic E-state index is 13.1. The van der Waals surface area contributed by atoms with Gasteiger partial charge in [-0.05, 0) is 66.0 Å². The number of alkyl halides is 4. The number of benzene rings is 2. The molecule has 0 saturated carbocycles. The summed E-state index contributed by atoms with van der Waals surface area (Å²) in [7, 11) is 0. The van der Waals surface area contributed by atoms with Crippen molar-refractivity contribution < 1.29 is 18.0 Å². The van der Waals surface area contributed by atoms with Crippen LogP contribution in [0, 0.1) is 0 Å². The van der Waals surface area contributed by atoms with Crippen molar-refractivity contribution >= 4 is 52.6 Å². The molecule has 2 aromatic carbocycles. The Balaban J connectivity index is 1.31. The third-order valence-corrected chi connectivity index (χ3v) is 6.97. The average Bonchev–Trinajstić information content (AvgIpc) is 2.85. The maximum Gasteiger partial charge on any atom is 0.416 e. The molecule has 2 heterocycles. The highest BCUT2D eigenvalue weighted by Gasteiger charge is 2.32. The molecule has 1 amide bonds. The summed E-state index contributed by atoms with van der Waals surface area (Å²) < 4.78 is 41.4. The quantitative estimate of drug-likeness (QED) is 0.217. The van der Waals surface area contributed by atoms with E-state index in [2.05, 4.69) is 14.6 Å². The number of halogens is 5. The second-order valence-corrected chi connectivity index (χ2v) is 9.68. The summed E-state index contributed by atoms with van der Waals surface area (Å²) in [6, 6.07) is 16.5. The summed E-state index contributed by atoms with van der Waals surface area (Å²) in [6.07, 6.45) is -4.47. The summed E-state index contributed by atoms with van der Waals surface area (Å²) in [4.78, 5) is 19.3. The molecule has 5 nitrogen and oxygen atoms in total. The highest BCUT2D eigenvalue weighted by molar-refractivity contribution is 7.97. The van der Waals surface area contributed by atoms with Crippen LogP contribution in [0.4, 0.5) is 24.7 Å². The lowest BCUT2D eigenvalue weighted by Gasteiger charge is -2.34. The Morgan fingerprint density at radius 3 is 2.40 bits per heavy atom. The molecule has 0 aliphatic carbocycles. The van der Waals surface area contributed by atoms with E-state index in [1.54, 1.807) is 35.0 Å². The standard InChI is InChI=1S/C24H21Cl2F3N4OS/c25-15-16-2-1-3-17(12-16)23(34)30-19-4-6-20(7-5-19)35-33-10-8-32(9-11-33)22-14-18(24(27,28)29)13-21(26)31-22/h1-7,12-14H,8-11,15H2,(H,30,34). The van der Waals surface area contributed by atoms with Crippen LogP contribution in [0.25, 0.3) is 0 Å². The van der Waals surface area contributed by atoms with Gasteiger partial charge in [-0.2, -0.15) is 13.2 Å². The van der Waals surface area contributed by atoms with Gasteiger partial charge in [-0.3, -0.25) is 4.79 Å². The molecular formula is C24H21Cl2F3N4OS. The number of nitrogens with one attached hydrogen (secondary N) is 1. The summed E-state index contributed by atoms with van der Waals surface area (Å²) in [5.41, 5.74) is 1.28. The molecule has 4 rings (SSSR count). The van der Waals surface area contributed by atoms with Gasteiger partial charge in [0.05, 0.1) is 5.56 Å². The Morgan fingerprint density at radius 1 is 1.03 bits per heavy atom. The van der Waals surface area contributed by atoms with Crippen molar-refractivity contribution in [2.24, 2.45) is 0 Å². The highest BCUT2D eigenvalue weighted by Crippen LogP contribution is 2.33. The van der Waals surface area contributed by atoms with Crippen LogP contribution in [-0.4, -0.2) is 41.4 Å². The number of hydrogen-bond acceptors (Lipinski definition) is 5. The number of amides is 1. The lowest BCUT2D eigenvalue weighted by molar-refractivity contribution is -0.137. The largest absolute Gasteiger partial charge is 0.416 e. The first kappa shape index (κ1) is 25.6. The Labute approximate surface area is 215 Å². The van der Waals surface area contributed by atoms with Crippen LogP contribution in [0.3, 0.4) is 0 Å². The molecule has 1 fully saturated rings. The second kappa shape index (κ2) is 11.1. The van der Waals surface area contributed by atoms with Gasteiger partial charge in [0.15, 0.2) is 0 Å². The van der Waals surface area contributed by atoms with Gasteiger partial charge in [0.2, 0.25) is 0 Å². The minimum absolute atomic E-state index is 0.175. The van der Waals surface area contributed by atoms with Crippen molar-refractivity contribution in [2.75, 3.05) is 36.4 Å². The van der Waals surface area contributed by atoms with Crippen molar-refractivity contribution in [3.05, 3.63) is 82.5 Å². The topological polar surface area (TPSA) is 48.5 Å². The predicted molar refractivity (Wildman–Crippen MR) is 134 cm³/mol. The lowest BCUT2D eigenvalue weighted by Crippen LogP contribution is -2.43. The zero-order valence-corrected chi connectivity index (χ0v) is 20.7. The van der Waals surface area contributed by atoms with Crippen molar-refractivity contribution in [2.45, 2.75) is 17.0 Å². The number of nitrogens with zero attached hydrogens (tertiary/aromatic N) is 3. The van der Waals surface area contributed by atoms with Crippen LogP contribution in [0.1, 0.15) is 21.5 Å². The van der Waals surface area contributed by atoms with Gasteiger partial charge in [-0.25, -0.2) is 9.29 Å². The molecule has 0 bridgehead atoms. The first-order chi connectivity index (χ1) is 16.7. The molecule has 0 atom stereocenters. The number of carbonyl (C=O) groups is 1. The molecule has 1 aliphatic rings. The number of carbonyl (C=O) groups excluding carboxylic acids is 1. The lowest BCUT2D eigenvalue weighted by atomic mass is 10.1. The fraction of sp³-hybridized carbons (Fsp3) is 0.250. The van der Waals surface area contributed by atoms with Crippen LogP contribution in [0.5, 0.6) is 0 Å². The molecule has 1 N–H and O–H groups in total. The number of aromatic nitrogens is 1. The number of piperazine rings is 1. The van der Waals surface area contributed by atoms with Crippen LogP contribution in [0.15, 0.2) is 65.6 Å². The zero-order chi connectivity index (χ0) is 25.0. The van der Waals surface area contributed by atoms with E-state index in [-0.39, 0.29) is 16.9 Å². The summed E-state index contributed by atoms with van der Waals surface area (Å²) in [6.45, 7) is 2.31. The number of pyridine rings is 1. The van der Waals surface area contributed by atoms with Gasteiger partial charge in [0, 0.05) is 48.2 Å². The van der Waals surface area contributed by atoms with E-state index in [9.17, 15) is 18.0 Å².